The first-order valence-corrected chi connectivity index (χ1v) is 11.6. The molecule has 31 heavy (non-hydrogen) atoms. The van der Waals surface area contributed by atoms with E-state index in [0.29, 0.717) is 23.9 Å². The fraction of sp³-hybridized carbons (Fsp3) is 0.318. The first kappa shape index (κ1) is 21.7. The van der Waals surface area contributed by atoms with Crippen molar-refractivity contribution >= 4 is 40.6 Å². The van der Waals surface area contributed by atoms with Crippen molar-refractivity contribution in [1.82, 2.24) is 14.8 Å². The van der Waals surface area contributed by atoms with Crippen LogP contribution in [0.5, 0.6) is 0 Å². The molecule has 0 spiro atoms. The Kier molecular flexibility index (Phi) is 7.11. The largest absolute Gasteiger partial charge is 0.378 e. The van der Waals surface area contributed by atoms with E-state index in [0.717, 1.165) is 41.9 Å². The number of rotatable bonds is 7. The normalized spacial score (nSPS) is 13.9. The zero-order valence-electron chi connectivity index (χ0n) is 17.3. The molecular formula is C22H24ClN5O2S. The Morgan fingerprint density at radius 3 is 2.65 bits per heavy atom. The van der Waals surface area contributed by atoms with Gasteiger partial charge < -0.3 is 19.5 Å². The second-order valence-corrected chi connectivity index (χ2v) is 8.37. The zero-order chi connectivity index (χ0) is 21.6. The van der Waals surface area contributed by atoms with Crippen LogP contribution in [-0.4, -0.2) is 52.7 Å². The Morgan fingerprint density at radius 1 is 1.16 bits per heavy atom. The Bertz CT molecular complexity index is 1040. The van der Waals surface area contributed by atoms with Crippen LogP contribution in [-0.2, 0) is 16.1 Å². The molecular weight excluding hydrogens is 434 g/mol. The Hall–Kier alpha value is -2.55. The summed E-state index contributed by atoms with van der Waals surface area (Å²) in [7, 11) is 0. The number of hydrogen-bond acceptors (Lipinski definition) is 6. The number of hydrogen-bond donors (Lipinski definition) is 1. The average molecular weight is 458 g/mol. The third kappa shape index (κ3) is 5.20. The molecule has 7 nitrogen and oxygen atoms in total. The Morgan fingerprint density at radius 2 is 1.94 bits per heavy atom. The van der Waals surface area contributed by atoms with Crippen molar-refractivity contribution in [3.63, 3.8) is 0 Å². The van der Waals surface area contributed by atoms with Crippen LogP contribution >= 0.6 is 23.4 Å². The van der Waals surface area contributed by atoms with Gasteiger partial charge in [-0.15, -0.1) is 10.2 Å². The number of ether oxygens (including phenoxy) is 1. The van der Waals surface area contributed by atoms with E-state index in [1.165, 1.54) is 11.8 Å². The van der Waals surface area contributed by atoms with Crippen molar-refractivity contribution in [2.45, 2.75) is 18.6 Å². The van der Waals surface area contributed by atoms with Crippen LogP contribution in [0, 0.1) is 0 Å². The van der Waals surface area contributed by atoms with Crippen LogP contribution in [0.3, 0.4) is 0 Å². The number of morpholine rings is 1. The quantitative estimate of drug-likeness (QED) is 0.536. The van der Waals surface area contributed by atoms with Gasteiger partial charge in [0.25, 0.3) is 0 Å². The maximum Gasteiger partial charge on any atom is 0.234 e. The molecule has 0 saturated carbocycles. The molecule has 162 valence electrons. The lowest BCUT2D eigenvalue weighted by atomic mass is 10.2. The van der Waals surface area contributed by atoms with E-state index in [-0.39, 0.29) is 11.7 Å². The third-order valence-electron chi connectivity index (χ3n) is 4.98. The number of anilines is 2. The summed E-state index contributed by atoms with van der Waals surface area (Å²) >= 11 is 7.83. The van der Waals surface area contributed by atoms with Crippen molar-refractivity contribution in [3.05, 3.63) is 53.6 Å². The van der Waals surface area contributed by atoms with E-state index >= 15 is 0 Å². The van der Waals surface area contributed by atoms with Crippen molar-refractivity contribution < 1.29 is 9.53 Å². The van der Waals surface area contributed by atoms with E-state index in [4.69, 9.17) is 16.3 Å². The lowest BCUT2D eigenvalue weighted by molar-refractivity contribution is -0.113. The molecule has 0 radical (unpaired) electrons. The molecule has 4 rings (SSSR count). The maximum absolute atomic E-state index is 12.5. The van der Waals surface area contributed by atoms with Crippen molar-refractivity contribution in [1.29, 1.82) is 0 Å². The lowest BCUT2D eigenvalue weighted by Gasteiger charge is -2.29. The highest BCUT2D eigenvalue weighted by Gasteiger charge is 2.16. The number of benzene rings is 2. The van der Waals surface area contributed by atoms with Gasteiger partial charge in [-0.1, -0.05) is 53.7 Å². The predicted molar refractivity (Wildman–Crippen MR) is 125 cm³/mol. The van der Waals surface area contributed by atoms with Crippen molar-refractivity contribution in [2.75, 3.05) is 42.3 Å². The monoisotopic (exact) mass is 457 g/mol. The molecule has 1 amide bonds. The summed E-state index contributed by atoms with van der Waals surface area (Å²) < 4.78 is 7.40. The zero-order valence-corrected chi connectivity index (χ0v) is 18.8. The Balaban J connectivity index is 1.37. The van der Waals surface area contributed by atoms with Crippen LogP contribution in [0.25, 0.3) is 11.4 Å². The summed E-state index contributed by atoms with van der Waals surface area (Å²) in [6.07, 6.45) is 0. The number of nitrogens with zero attached hydrogens (tertiary/aromatic N) is 4. The number of thioether (sulfide) groups is 1. The van der Waals surface area contributed by atoms with Gasteiger partial charge in [-0.25, -0.2) is 0 Å². The third-order valence-corrected chi connectivity index (χ3v) is 6.25. The topological polar surface area (TPSA) is 72.3 Å². The van der Waals surface area contributed by atoms with Gasteiger partial charge in [-0.3, -0.25) is 4.79 Å². The van der Waals surface area contributed by atoms with Gasteiger partial charge in [0.15, 0.2) is 11.0 Å². The number of aromatic nitrogens is 3. The molecule has 2 aromatic carbocycles. The van der Waals surface area contributed by atoms with E-state index in [2.05, 4.69) is 20.4 Å². The Labute approximate surface area is 190 Å². The van der Waals surface area contributed by atoms with Crippen LogP contribution in [0.4, 0.5) is 11.4 Å². The van der Waals surface area contributed by atoms with Gasteiger partial charge >= 0.3 is 0 Å². The SMILES string of the molecule is CCn1c(SCC(=O)Nc2ccc(N3CCOCC3)c(Cl)c2)nnc1-c1ccccc1. The summed E-state index contributed by atoms with van der Waals surface area (Å²) in [4.78, 5) is 14.7. The fourth-order valence-corrected chi connectivity index (χ4v) is 4.56. The van der Waals surface area contributed by atoms with Crippen molar-refractivity contribution in [3.8, 4) is 11.4 Å². The highest BCUT2D eigenvalue weighted by atomic mass is 35.5. The van der Waals surface area contributed by atoms with Crippen LogP contribution in [0.1, 0.15) is 6.92 Å². The van der Waals surface area contributed by atoms with Crippen LogP contribution < -0.4 is 10.2 Å². The van der Waals surface area contributed by atoms with E-state index in [1.54, 1.807) is 6.07 Å². The molecule has 0 unspecified atom stereocenters. The number of carbonyl (C=O) groups is 1. The fourth-order valence-electron chi connectivity index (χ4n) is 3.45. The van der Waals surface area contributed by atoms with Gasteiger partial charge in [0.05, 0.1) is 29.7 Å². The molecule has 0 bridgehead atoms. The molecule has 1 aromatic heterocycles. The summed E-state index contributed by atoms with van der Waals surface area (Å²) in [6, 6.07) is 15.5. The molecule has 0 atom stereocenters. The molecule has 9 heteroatoms. The number of nitrogens with one attached hydrogen (secondary N) is 1. The highest BCUT2D eigenvalue weighted by molar-refractivity contribution is 7.99. The van der Waals surface area contributed by atoms with Gasteiger partial charge in [-0.2, -0.15) is 0 Å². The lowest BCUT2D eigenvalue weighted by Crippen LogP contribution is -2.36. The van der Waals surface area contributed by atoms with Gasteiger partial charge in [-0.05, 0) is 25.1 Å². The molecule has 1 saturated heterocycles. The summed E-state index contributed by atoms with van der Waals surface area (Å²) in [5.41, 5.74) is 2.64. The highest BCUT2D eigenvalue weighted by Crippen LogP contribution is 2.30. The minimum Gasteiger partial charge on any atom is -0.378 e. The smallest absolute Gasteiger partial charge is 0.234 e. The summed E-state index contributed by atoms with van der Waals surface area (Å²) in [5, 5.41) is 12.8. The number of amides is 1. The van der Waals surface area contributed by atoms with Crippen LogP contribution in [0.2, 0.25) is 5.02 Å². The van der Waals surface area contributed by atoms with E-state index < -0.39 is 0 Å². The predicted octanol–water partition coefficient (Wildman–Crippen LogP) is 4.19. The van der Waals surface area contributed by atoms with Gasteiger partial charge in [0, 0.05) is 30.9 Å². The second kappa shape index (κ2) is 10.2. The van der Waals surface area contributed by atoms with Crippen LogP contribution in [0.15, 0.2) is 53.7 Å². The second-order valence-electron chi connectivity index (χ2n) is 7.02. The molecule has 3 aromatic rings. The summed E-state index contributed by atoms with van der Waals surface area (Å²) in [5.74, 6) is 0.916. The maximum atomic E-state index is 12.5. The number of halogens is 1. The molecule has 0 aliphatic carbocycles. The molecule has 1 aliphatic rings. The van der Waals surface area contributed by atoms with E-state index in [1.807, 2.05) is 54.0 Å². The molecule has 1 aliphatic heterocycles. The van der Waals surface area contributed by atoms with E-state index in [9.17, 15) is 4.79 Å². The van der Waals surface area contributed by atoms with Gasteiger partial charge in [0.2, 0.25) is 5.91 Å². The number of carbonyl (C=O) groups excluding carboxylic acids is 1. The van der Waals surface area contributed by atoms with Gasteiger partial charge in [0.1, 0.15) is 0 Å². The summed E-state index contributed by atoms with van der Waals surface area (Å²) in [6.45, 7) is 5.77. The molecule has 1 fully saturated rings. The van der Waals surface area contributed by atoms with Crippen molar-refractivity contribution in [2.24, 2.45) is 0 Å². The standard InChI is InChI=1S/C22H24ClN5O2S/c1-2-28-21(16-6-4-3-5-7-16)25-26-22(28)31-15-20(29)24-17-8-9-19(18(23)14-17)27-10-12-30-13-11-27/h3-9,14H,2,10-13,15H2,1H3,(H,24,29). The first-order valence-electron chi connectivity index (χ1n) is 10.2. The first-order chi connectivity index (χ1) is 15.2. The molecule has 1 N–H and O–H groups in total. The minimum absolute atomic E-state index is 0.118. The molecule has 2 heterocycles. The average Bonchev–Trinajstić information content (AvgIpc) is 3.22. The minimum atomic E-state index is -0.118.